The maximum absolute atomic E-state index is 17.7. The SMILES string of the molecule is C=Cc1ccc(Oc2ccc(C3(c4c(C)cccc4F)c4ccccc4-c4ccc(C(c5ccc(C)c(C)c5)c5ccc6c(c5)C5(CC(C)(C)c7ccc(C[C@H](c8ccc(C)c(F)c8)c8ccc9c(c8)C(c8ccc(Oc%10ccc(C=C)cc%10)cc8)(c8c(F)cccc8F)c8ccccc8-9)cc75)CC6(C)C)cc43)cc2)cc1. The first-order valence-corrected chi connectivity index (χ1v) is 38.9. The summed E-state index contributed by atoms with van der Waals surface area (Å²) < 4.78 is 82.0. The molecule has 4 aliphatic carbocycles. The molecule has 0 fully saturated rings. The molecule has 5 atom stereocenters. The van der Waals surface area contributed by atoms with E-state index in [-0.39, 0.29) is 33.9 Å². The Balaban J connectivity index is 0.776. The summed E-state index contributed by atoms with van der Waals surface area (Å²) in [5, 5.41) is 0. The van der Waals surface area contributed by atoms with Crippen molar-refractivity contribution >= 4 is 12.2 Å². The molecule has 14 aromatic carbocycles. The predicted molar refractivity (Wildman–Crippen MR) is 448 cm³/mol. The van der Waals surface area contributed by atoms with Crippen LogP contribution in [-0.2, 0) is 33.5 Å². The lowest BCUT2D eigenvalue weighted by Gasteiger charge is -2.36. The van der Waals surface area contributed by atoms with E-state index >= 15 is 17.6 Å². The molecule has 2 nitrogen and oxygen atoms in total. The van der Waals surface area contributed by atoms with Crippen LogP contribution in [-0.4, -0.2) is 0 Å². The Hall–Kier alpha value is -12.1. The van der Waals surface area contributed by atoms with Crippen molar-refractivity contribution in [3.8, 4) is 45.3 Å². The fourth-order valence-electron chi connectivity index (χ4n) is 20.3. The number of hydrogen-bond acceptors (Lipinski definition) is 2. The van der Waals surface area contributed by atoms with Crippen LogP contribution in [0.15, 0.2) is 304 Å². The summed E-state index contributed by atoms with van der Waals surface area (Å²) in [5.41, 5.74) is 23.2. The normalized spacial score (nSPS) is 18.2. The number of ether oxygens (including phenoxy) is 2. The smallest absolute Gasteiger partial charge is 0.130 e. The third kappa shape index (κ3) is 11.4. The van der Waals surface area contributed by atoms with Gasteiger partial charge in [-0.15, -0.1) is 0 Å². The lowest BCUT2D eigenvalue weighted by Crippen LogP contribution is -2.31. The zero-order valence-corrected chi connectivity index (χ0v) is 64.4. The average Bonchev–Trinajstić information content (AvgIpc) is 1.53. The Morgan fingerprint density at radius 3 is 1.27 bits per heavy atom. The minimum atomic E-state index is -1.48. The van der Waals surface area contributed by atoms with Crippen LogP contribution < -0.4 is 9.47 Å². The molecule has 1 spiro atoms. The van der Waals surface area contributed by atoms with Crippen molar-refractivity contribution < 1.29 is 27.0 Å². The summed E-state index contributed by atoms with van der Waals surface area (Å²) in [7, 11) is 0. The van der Waals surface area contributed by atoms with Gasteiger partial charge in [0.15, 0.2) is 0 Å². The van der Waals surface area contributed by atoms with Gasteiger partial charge >= 0.3 is 0 Å². The monoisotopic (exact) mass is 1470 g/mol. The zero-order valence-electron chi connectivity index (χ0n) is 64.4. The van der Waals surface area contributed by atoms with Gasteiger partial charge in [-0.25, -0.2) is 17.6 Å². The van der Waals surface area contributed by atoms with Crippen molar-refractivity contribution in [1.29, 1.82) is 0 Å². The second-order valence-corrected chi connectivity index (χ2v) is 33.0. The zero-order chi connectivity index (χ0) is 77.3. The molecule has 0 aliphatic heterocycles. The number of hydrogen-bond donors (Lipinski definition) is 0. The summed E-state index contributed by atoms with van der Waals surface area (Å²) in [5.74, 6) is -0.0246. The van der Waals surface area contributed by atoms with Gasteiger partial charge < -0.3 is 9.47 Å². The van der Waals surface area contributed by atoms with Crippen LogP contribution in [0.3, 0.4) is 0 Å². The fourth-order valence-corrected chi connectivity index (χ4v) is 20.3. The Morgan fingerprint density at radius 2 is 0.741 bits per heavy atom. The van der Waals surface area contributed by atoms with E-state index < -0.39 is 33.8 Å². The molecular weight excluding hydrogens is 1380 g/mol. The molecule has 4 aliphatic rings. The van der Waals surface area contributed by atoms with Crippen molar-refractivity contribution in [3.63, 3.8) is 0 Å². The Labute approximate surface area is 655 Å². The molecule has 550 valence electrons. The first-order valence-electron chi connectivity index (χ1n) is 38.9. The largest absolute Gasteiger partial charge is 0.457 e. The minimum Gasteiger partial charge on any atom is -0.457 e. The topological polar surface area (TPSA) is 18.5 Å². The van der Waals surface area contributed by atoms with E-state index in [0.717, 1.165) is 113 Å². The van der Waals surface area contributed by atoms with Crippen LogP contribution >= 0.6 is 0 Å². The molecule has 0 heterocycles. The molecule has 0 amide bonds. The van der Waals surface area contributed by atoms with Crippen LogP contribution in [0, 0.1) is 51.0 Å². The van der Waals surface area contributed by atoms with E-state index in [1.54, 1.807) is 25.1 Å². The van der Waals surface area contributed by atoms with E-state index in [2.05, 4.69) is 182 Å². The Kier molecular flexibility index (Phi) is 17.3. The summed E-state index contributed by atoms with van der Waals surface area (Å²) in [6, 6.07) is 97.8. The molecular formula is C106H86F4O2. The van der Waals surface area contributed by atoms with Gasteiger partial charge in [0.1, 0.15) is 46.3 Å². The van der Waals surface area contributed by atoms with Crippen LogP contribution in [0.2, 0.25) is 0 Å². The molecule has 0 radical (unpaired) electrons. The third-order valence-corrected chi connectivity index (χ3v) is 25.4. The molecule has 6 heteroatoms. The van der Waals surface area contributed by atoms with Crippen LogP contribution in [0.25, 0.3) is 34.4 Å². The number of benzene rings is 14. The summed E-state index contributed by atoms with van der Waals surface area (Å²) in [6.45, 7) is 25.6. The molecule has 4 unspecified atom stereocenters. The molecule has 0 N–H and O–H groups in total. The van der Waals surface area contributed by atoms with Crippen LogP contribution in [0.4, 0.5) is 17.6 Å². The van der Waals surface area contributed by atoms with Gasteiger partial charge in [0, 0.05) is 28.4 Å². The first-order chi connectivity index (χ1) is 54.1. The standard InChI is InChI=1S/C106H86F4O2/c1-11-68-29-43-78(44-30-68)111-80-47-39-76(40-48-80)105(100-66(5)19-17-24-95(100)107)87-22-15-13-20-82(87)85-52-37-74(59-92(85)105)99(73-35-27-64(3)67(6)55-73)75-38-54-90-94(60-75)104(63-103(90,9)10)62-102(7,8)89-53-33-70(57-93(89)104)56-86(72-34-28-65(4)98(110)61-72)71-36-51-84-83-21-14-16-23-88(83)106(91(84)58-71,101-96(108)25-18-26-97(101)109)77-41-49-81(50-42-77)112-79-45-31-69(12-2)32-46-79/h11-55,57-61,86,99H,1-2,56,62-63H2,3-10H3/t86-,99?,104?,105?,106?/m0/s1. The summed E-state index contributed by atoms with van der Waals surface area (Å²) >= 11 is 0. The number of halogens is 4. The summed E-state index contributed by atoms with van der Waals surface area (Å²) in [6.07, 6.45) is 5.84. The molecule has 0 bridgehead atoms. The summed E-state index contributed by atoms with van der Waals surface area (Å²) in [4.78, 5) is 0. The molecule has 0 saturated carbocycles. The second kappa shape index (κ2) is 27.1. The Morgan fingerprint density at radius 1 is 0.330 bits per heavy atom. The highest BCUT2D eigenvalue weighted by molar-refractivity contribution is 5.89. The quantitative estimate of drug-likeness (QED) is 0.0668. The van der Waals surface area contributed by atoms with Gasteiger partial charge in [-0.3, -0.25) is 0 Å². The molecule has 14 aromatic rings. The first kappa shape index (κ1) is 71.5. The van der Waals surface area contributed by atoms with Crippen molar-refractivity contribution in [1.82, 2.24) is 0 Å². The highest BCUT2D eigenvalue weighted by Crippen LogP contribution is 2.65. The van der Waals surface area contributed by atoms with E-state index in [0.29, 0.717) is 46.1 Å². The highest BCUT2D eigenvalue weighted by atomic mass is 19.1. The van der Waals surface area contributed by atoms with E-state index in [9.17, 15) is 0 Å². The molecule has 18 rings (SSSR count). The maximum atomic E-state index is 17.7. The average molecular weight is 1470 g/mol. The Bertz CT molecular complexity index is 6100. The fraction of sp³-hybridized carbons (Fsp3) is 0.170. The predicted octanol–water partition coefficient (Wildman–Crippen LogP) is 27.3. The molecule has 0 aromatic heterocycles. The van der Waals surface area contributed by atoms with Crippen molar-refractivity contribution in [2.75, 3.05) is 0 Å². The lowest BCUT2D eigenvalue weighted by atomic mass is 9.65. The van der Waals surface area contributed by atoms with Gasteiger partial charge in [-0.2, -0.15) is 0 Å². The van der Waals surface area contributed by atoms with Gasteiger partial charge in [-0.1, -0.05) is 271 Å². The minimum absolute atomic E-state index is 0.0777. The maximum Gasteiger partial charge on any atom is 0.130 e. The van der Waals surface area contributed by atoms with Crippen molar-refractivity contribution in [2.24, 2.45) is 0 Å². The van der Waals surface area contributed by atoms with Crippen molar-refractivity contribution in [3.05, 3.63) is 461 Å². The van der Waals surface area contributed by atoms with E-state index in [1.807, 2.05) is 146 Å². The van der Waals surface area contributed by atoms with Gasteiger partial charge in [0.05, 0.1) is 10.8 Å². The van der Waals surface area contributed by atoms with Crippen molar-refractivity contribution in [2.45, 2.75) is 114 Å². The lowest BCUT2D eigenvalue weighted by molar-refractivity contribution is 0.349. The van der Waals surface area contributed by atoms with Gasteiger partial charge in [0.25, 0.3) is 0 Å². The number of fused-ring (bicyclic) bond motifs is 10. The van der Waals surface area contributed by atoms with Gasteiger partial charge in [-0.05, 0) is 275 Å². The number of aryl methyl sites for hydroxylation is 4. The third-order valence-electron chi connectivity index (χ3n) is 25.4. The number of rotatable bonds is 17. The second-order valence-electron chi connectivity index (χ2n) is 33.0. The van der Waals surface area contributed by atoms with Crippen LogP contribution in [0.1, 0.15) is 186 Å². The van der Waals surface area contributed by atoms with Crippen LogP contribution in [0.5, 0.6) is 23.0 Å². The van der Waals surface area contributed by atoms with E-state index in [1.165, 1.54) is 51.6 Å². The molecule has 112 heavy (non-hydrogen) atoms. The molecule has 0 saturated heterocycles. The van der Waals surface area contributed by atoms with Gasteiger partial charge in [0.2, 0.25) is 0 Å². The highest BCUT2D eigenvalue weighted by Gasteiger charge is 2.57. The van der Waals surface area contributed by atoms with E-state index in [4.69, 9.17) is 9.47 Å².